The minimum Gasteiger partial charge on any atom is -0.388 e. The van der Waals surface area contributed by atoms with Gasteiger partial charge in [0.25, 0.3) is 0 Å². The molecule has 0 heterocycles. The number of carbonyl (C=O) groups excluding carboxylic acids is 1. The quantitative estimate of drug-likeness (QED) is 0.567. The number of benzene rings is 1. The maximum Gasteiger partial charge on any atom is 0.246 e. The van der Waals surface area contributed by atoms with E-state index in [0.717, 1.165) is 0 Å². The maximum absolute atomic E-state index is 10.8. The average Bonchev–Trinajstić information content (AvgIpc) is 2.17. The average molecular weight is 250 g/mol. The Kier molecular flexibility index (Phi) is 4.35. The Hall–Kier alpha value is -0.810. The van der Waals surface area contributed by atoms with Crippen LogP contribution in [0.4, 0.5) is 0 Å². The van der Waals surface area contributed by atoms with Gasteiger partial charge in [-0.1, -0.05) is 29.3 Å². The van der Waals surface area contributed by atoms with Crippen molar-refractivity contribution in [2.75, 3.05) is 0 Å². The lowest BCUT2D eigenvalue weighted by molar-refractivity contribution is -0.131. The number of nitrogens with one attached hydrogen (secondary N) is 1. The Morgan fingerprint density at radius 2 is 2.13 bits per heavy atom. The molecular weight excluding hydrogens is 241 g/mol. The Morgan fingerprint density at radius 3 is 2.67 bits per heavy atom. The van der Waals surface area contributed by atoms with Gasteiger partial charge in [0.15, 0.2) is 0 Å². The van der Waals surface area contributed by atoms with Crippen molar-refractivity contribution in [1.82, 2.24) is 5.48 Å². The van der Waals surface area contributed by atoms with Crippen molar-refractivity contribution in [3.63, 3.8) is 0 Å². The van der Waals surface area contributed by atoms with E-state index in [-0.39, 0.29) is 11.4 Å². The molecule has 1 rings (SSSR count). The van der Waals surface area contributed by atoms with Crippen molar-refractivity contribution < 1.29 is 15.1 Å². The SMILES string of the molecule is O=C(CC(O)c1ccc(Cl)cc1Cl)NO. The highest BCUT2D eigenvalue weighted by atomic mass is 35.5. The number of amides is 1. The van der Waals surface area contributed by atoms with Gasteiger partial charge in [-0.25, -0.2) is 5.48 Å². The molecule has 1 aromatic rings. The third-order valence-electron chi connectivity index (χ3n) is 1.82. The highest BCUT2D eigenvalue weighted by Gasteiger charge is 2.15. The molecule has 0 fully saturated rings. The van der Waals surface area contributed by atoms with Crippen LogP contribution in [-0.2, 0) is 4.79 Å². The molecule has 0 aromatic heterocycles. The topological polar surface area (TPSA) is 69.6 Å². The third kappa shape index (κ3) is 3.35. The smallest absolute Gasteiger partial charge is 0.246 e. The molecular formula is C9H9Cl2NO3. The molecule has 0 saturated heterocycles. The standard InChI is InChI=1S/C9H9Cl2NO3/c10-5-1-2-6(7(11)3-5)8(13)4-9(14)12-15/h1-3,8,13,15H,4H2,(H,12,14). The van der Waals surface area contributed by atoms with E-state index in [2.05, 4.69) is 0 Å². The van der Waals surface area contributed by atoms with E-state index in [9.17, 15) is 9.90 Å². The summed E-state index contributed by atoms with van der Waals surface area (Å²) in [5.74, 6) is -0.687. The molecule has 3 N–H and O–H groups in total. The second-order valence-corrected chi connectivity index (χ2v) is 3.76. The van der Waals surface area contributed by atoms with Crippen LogP contribution in [-0.4, -0.2) is 16.2 Å². The Balaban J connectivity index is 2.82. The number of hydroxylamine groups is 1. The van der Waals surface area contributed by atoms with Crippen LogP contribution < -0.4 is 5.48 Å². The van der Waals surface area contributed by atoms with Crippen molar-refractivity contribution in [3.8, 4) is 0 Å². The number of hydrogen-bond donors (Lipinski definition) is 3. The number of hydrogen-bond acceptors (Lipinski definition) is 3. The van der Waals surface area contributed by atoms with Gasteiger partial charge in [-0.15, -0.1) is 0 Å². The minimum absolute atomic E-state index is 0.266. The molecule has 6 heteroatoms. The number of halogens is 2. The molecule has 0 spiro atoms. The van der Waals surface area contributed by atoms with E-state index in [1.165, 1.54) is 17.6 Å². The van der Waals surface area contributed by atoms with Crippen molar-refractivity contribution in [3.05, 3.63) is 33.8 Å². The molecule has 1 aromatic carbocycles. The first-order valence-corrected chi connectivity index (χ1v) is 4.86. The normalized spacial score (nSPS) is 12.3. The monoisotopic (exact) mass is 249 g/mol. The second-order valence-electron chi connectivity index (χ2n) is 2.92. The number of rotatable bonds is 3. The molecule has 4 nitrogen and oxygen atoms in total. The van der Waals surface area contributed by atoms with Crippen LogP contribution in [0.15, 0.2) is 18.2 Å². The van der Waals surface area contributed by atoms with E-state index in [0.29, 0.717) is 10.6 Å². The first kappa shape index (κ1) is 12.3. The summed E-state index contributed by atoms with van der Waals surface area (Å²) in [6, 6.07) is 4.56. The fraction of sp³-hybridized carbons (Fsp3) is 0.222. The summed E-state index contributed by atoms with van der Waals surface area (Å²) >= 11 is 11.5. The minimum atomic E-state index is -1.07. The zero-order valence-corrected chi connectivity index (χ0v) is 9.09. The van der Waals surface area contributed by atoms with E-state index in [4.69, 9.17) is 28.4 Å². The Morgan fingerprint density at radius 1 is 1.47 bits per heavy atom. The highest BCUT2D eigenvalue weighted by molar-refractivity contribution is 6.35. The van der Waals surface area contributed by atoms with Gasteiger partial charge in [0.2, 0.25) is 5.91 Å². The summed E-state index contributed by atoms with van der Waals surface area (Å²) in [6.07, 6.45) is -1.33. The van der Waals surface area contributed by atoms with Crippen LogP contribution in [0.25, 0.3) is 0 Å². The Bertz CT molecular complexity index is 370. The number of aliphatic hydroxyl groups excluding tert-OH is 1. The summed E-state index contributed by atoms with van der Waals surface area (Å²) in [7, 11) is 0. The zero-order valence-electron chi connectivity index (χ0n) is 7.58. The lowest BCUT2D eigenvalue weighted by atomic mass is 10.1. The molecule has 0 saturated carbocycles. The van der Waals surface area contributed by atoms with Crippen molar-refractivity contribution in [2.24, 2.45) is 0 Å². The van der Waals surface area contributed by atoms with Crippen LogP contribution in [0.5, 0.6) is 0 Å². The summed E-state index contributed by atoms with van der Waals surface area (Å²) in [4.78, 5) is 10.8. The molecule has 0 aliphatic heterocycles. The third-order valence-corrected chi connectivity index (χ3v) is 2.39. The van der Waals surface area contributed by atoms with Crippen LogP contribution in [0.2, 0.25) is 10.0 Å². The fourth-order valence-electron chi connectivity index (χ4n) is 1.10. The van der Waals surface area contributed by atoms with Crippen LogP contribution in [0.3, 0.4) is 0 Å². The molecule has 1 atom stereocenters. The van der Waals surface area contributed by atoms with E-state index < -0.39 is 12.0 Å². The predicted octanol–water partition coefficient (Wildman–Crippen LogP) is 1.92. The fourth-order valence-corrected chi connectivity index (χ4v) is 1.64. The number of carbonyl (C=O) groups is 1. The molecule has 0 bridgehead atoms. The van der Waals surface area contributed by atoms with E-state index >= 15 is 0 Å². The maximum atomic E-state index is 10.8. The van der Waals surface area contributed by atoms with Crippen molar-refractivity contribution >= 4 is 29.1 Å². The first-order valence-electron chi connectivity index (χ1n) is 4.10. The number of aliphatic hydroxyl groups is 1. The molecule has 0 radical (unpaired) electrons. The van der Waals surface area contributed by atoms with Crippen molar-refractivity contribution in [1.29, 1.82) is 0 Å². The summed E-state index contributed by atoms with van der Waals surface area (Å²) in [5, 5.41) is 18.6. The van der Waals surface area contributed by atoms with Gasteiger partial charge >= 0.3 is 0 Å². The lowest BCUT2D eigenvalue weighted by Crippen LogP contribution is -2.21. The first-order chi connectivity index (χ1) is 7.04. The predicted molar refractivity (Wildman–Crippen MR) is 56.0 cm³/mol. The summed E-state index contributed by atoms with van der Waals surface area (Å²) in [6.45, 7) is 0. The molecule has 0 aliphatic rings. The second kappa shape index (κ2) is 5.32. The lowest BCUT2D eigenvalue weighted by Gasteiger charge is -2.11. The van der Waals surface area contributed by atoms with Gasteiger partial charge in [0.05, 0.1) is 12.5 Å². The Labute approximate surface area is 96.4 Å². The molecule has 15 heavy (non-hydrogen) atoms. The summed E-state index contributed by atoms with van der Waals surface area (Å²) < 4.78 is 0. The van der Waals surface area contributed by atoms with Crippen molar-refractivity contribution in [2.45, 2.75) is 12.5 Å². The van der Waals surface area contributed by atoms with Gasteiger partial charge in [-0.3, -0.25) is 10.0 Å². The highest BCUT2D eigenvalue weighted by Crippen LogP contribution is 2.27. The van der Waals surface area contributed by atoms with Gasteiger partial charge in [-0.2, -0.15) is 0 Å². The largest absolute Gasteiger partial charge is 0.388 e. The van der Waals surface area contributed by atoms with E-state index in [1.807, 2.05) is 0 Å². The van der Waals surface area contributed by atoms with Crippen LogP contribution in [0.1, 0.15) is 18.1 Å². The summed E-state index contributed by atoms with van der Waals surface area (Å²) in [5.41, 5.74) is 1.82. The molecule has 1 amide bonds. The van der Waals surface area contributed by atoms with Gasteiger partial charge in [0, 0.05) is 10.0 Å². The van der Waals surface area contributed by atoms with E-state index in [1.54, 1.807) is 6.07 Å². The van der Waals surface area contributed by atoms with Crippen LogP contribution in [0, 0.1) is 0 Å². The zero-order chi connectivity index (χ0) is 11.4. The van der Waals surface area contributed by atoms with Gasteiger partial charge in [0.1, 0.15) is 0 Å². The van der Waals surface area contributed by atoms with Gasteiger partial charge in [-0.05, 0) is 17.7 Å². The van der Waals surface area contributed by atoms with Crippen LogP contribution >= 0.6 is 23.2 Å². The molecule has 1 unspecified atom stereocenters. The van der Waals surface area contributed by atoms with Gasteiger partial charge < -0.3 is 5.11 Å². The molecule has 0 aliphatic carbocycles. The molecule has 82 valence electrons.